The first-order valence-corrected chi connectivity index (χ1v) is 12.9. The van der Waals surface area contributed by atoms with Crippen molar-refractivity contribution >= 4 is 14.3 Å². The molecule has 0 aliphatic heterocycles. The van der Waals surface area contributed by atoms with Gasteiger partial charge >= 0.3 is 5.97 Å². The van der Waals surface area contributed by atoms with Crippen molar-refractivity contribution in [2.24, 2.45) is 0 Å². The van der Waals surface area contributed by atoms with Crippen molar-refractivity contribution < 1.29 is 14.0 Å². The minimum Gasteiger partial charge on any atom is -0.464 e. The summed E-state index contributed by atoms with van der Waals surface area (Å²) in [6, 6.07) is 11.5. The van der Waals surface area contributed by atoms with Crippen LogP contribution in [0.25, 0.3) is 0 Å². The number of esters is 1. The number of benzene rings is 1. The molecule has 0 amide bonds. The fourth-order valence-electron chi connectivity index (χ4n) is 2.68. The molecule has 2 atom stereocenters. The standard InChI is InChI=1S/C22H33N3O3Si/c1-7-27-21(26)20(28-29(5,6)22(2,3)4)19(18-13-14-24-25-16-18)23-15-17-11-9-8-10-12-17/h8-14,16,19-20,23H,7,15H2,1-6H3. The minimum absolute atomic E-state index is 0.0434. The SMILES string of the molecule is CCOC(=O)C(O[Si](C)(C)C(C)(C)C)C(NCc1ccccc1)c1ccnnc1. The van der Waals surface area contributed by atoms with Crippen LogP contribution in [0.15, 0.2) is 48.8 Å². The van der Waals surface area contributed by atoms with Gasteiger partial charge in [-0.25, -0.2) is 4.79 Å². The van der Waals surface area contributed by atoms with Crippen molar-refractivity contribution in [2.75, 3.05) is 6.61 Å². The topological polar surface area (TPSA) is 73.3 Å². The average Bonchev–Trinajstić information content (AvgIpc) is 2.68. The van der Waals surface area contributed by atoms with Gasteiger partial charge in [0.25, 0.3) is 0 Å². The summed E-state index contributed by atoms with van der Waals surface area (Å²) in [7, 11) is -2.24. The van der Waals surface area contributed by atoms with E-state index in [1.54, 1.807) is 12.4 Å². The normalized spacial score (nSPS) is 14.3. The molecule has 0 fully saturated rings. The Bertz CT molecular complexity index is 764. The molecule has 1 heterocycles. The molecule has 0 spiro atoms. The molecule has 0 aliphatic carbocycles. The van der Waals surface area contributed by atoms with Crippen LogP contribution in [0.2, 0.25) is 18.1 Å². The van der Waals surface area contributed by atoms with Gasteiger partial charge in [-0.1, -0.05) is 51.1 Å². The molecular weight excluding hydrogens is 382 g/mol. The minimum atomic E-state index is -2.24. The summed E-state index contributed by atoms with van der Waals surface area (Å²) in [6.07, 6.45) is 2.52. The number of carbonyl (C=O) groups is 1. The van der Waals surface area contributed by atoms with E-state index < -0.39 is 20.5 Å². The molecular formula is C22H33N3O3Si. The van der Waals surface area contributed by atoms with Gasteiger partial charge in [-0.05, 0) is 42.2 Å². The Kier molecular flexibility index (Phi) is 8.07. The Hall–Kier alpha value is -2.09. The summed E-state index contributed by atoms with van der Waals surface area (Å²) >= 11 is 0. The number of hydrogen-bond donors (Lipinski definition) is 1. The average molecular weight is 416 g/mol. The van der Waals surface area contributed by atoms with E-state index in [1.165, 1.54) is 0 Å². The Balaban J connectivity index is 2.38. The van der Waals surface area contributed by atoms with Gasteiger partial charge < -0.3 is 14.5 Å². The third-order valence-electron chi connectivity index (χ3n) is 5.38. The lowest BCUT2D eigenvalue weighted by Gasteiger charge is -2.40. The largest absolute Gasteiger partial charge is 0.464 e. The molecule has 0 bridgehead atoms. The fraction of sp³-hybridized carbons (Fsp3) is 0.500. The van der Waals surface area contributed by atoms with Crippen molar-refractivity contribution in [2.45, 2.75) is 64.5 Å². The van der Waals surface area contributed by atoms with Crippen molar-refractivity contribution in [3.8, 4) is 0 Å². The molecule has 0 saturated carbocycles. The highest BCUT2D eigenvalue weighted by molar-refractivity contribution is 6.74. The maximum atomic E-state index is 13.0. The van der Waals surface area contributed by atoms with E-state index >= 15 is 0 Å². The Morgan fingerprint density at radius 2 is 1.83 bits per heavy atom. The van der Waals surface area contributed by atoms with E-state index in [2.05, 4.69) is 49.4 Å². The highest BCUT2D eigenvalue weighted by atomic mass is 28.4. The van der Waals surface area contributed by atoms with Gasteiger partial charge in [0.1, 0.15) is 0 Å². The fourth-order valence-corrected chi connectivity index (χ4v) is 3.90. The molecule has 6 nitrogen and oxygen atoms in total. The van der Waals surface area contributed by atoms with Crippen molar-refractivity contribution in [1.82, 2.24) is 15.5 Å². The van der Waals surface area contributed by atoms with Crippen LogP contribution >= 0.6 is 0 Å². The van der Waals surface area contributed by atoms with Gasteiger partial charge in [0.15, 0.2) is 14.4 Å². The summed E-state index contributed by atoms with van der Waals surface area (Å²) in [6.45, 7) is 13.4. The summed E-state index contributed by atoms with van der Waals surface area (Å²) in [4.78, 5) is 13.0. The first-order chi connectivity index (χ1) is 13.7. The van der Waals surface area contributed by atoms with E-state index in [0.29, 0.717) is 13.2 Å². The molecule has 7 heteroatoms. The van der Waals surface area contributed by atoms with Gasteiger partial charge in [-0.15, -0.1) is 0 Å². The third-order valence-corrected chi connectivity index (χ3v) is 9.84. The zero-order chi connectivity index (χ0) is 21.5. The van der Waals surface area contributed by atoms with Gasteiger partial charge in [-0.2, -0.15) is 10.2 Å². The quantitative estimate of drug-likeness (QED) is 0.487. The van der Waals surface area contributed by atoms with Gasteiger partial charge in [0, 0.05) is 12.7 Å². The van der Waals surface area contributed by atoms with Crippen molar-refractivity contribution in [3.05, 3.63) is 59.9 Å². The van der Waals surface area contributed by atoms with Crippen LogP contribution in [0.1, 0.15) is 44.9 Å². The van der Waals surface area contributed by atoms with Crippen LogP contribution in [-0.4, -0.2) is 37.2 Å². The van der Waals surface area contributed by atoms with E-state index in [9.17, 15) is 4.79 Å². The lowest BCUT2D eigenvalue weighted by atomic mass is 10.0. The summed E-state index contributed by atoms with van der Waals surface area (Å²) < 4.78 is 12.0. The zero-order valence-corrected chi connectivity index (χ0v) is 19.3. The number of aromatic nitrogens is 2. The van der Waals surface area contributed by atoms with E-state index in [-0.39, 0.29) is 11.0 Å². The predicted octanol–water partition coefficient (Wildman–Crippen LogP) is 4.26. The van der Waals surface area contributed by atoms with Gasteiger partial charge in [0.05, 0.1) is 18.8 Å². The number of carbonyl (C=O) groups excluding carboxylic acids is 1. The smallest absolute Gasteiger partial charge is 0.336 e. The second-order valence-electron chi connectivity index (χ2n) is 8.57. The van der Waals surface area contributed by atoms with Crippen molar-refractivity contribution in [1.29, 1.82) is 0 Å². The second-order valence-corrected chi connectivity index (χ2v) is 13.3. The Morgan fingerprint density at radius 3 is 2.38 bits per heavy atom. The molecule has 0 saturated heterocycles. The highest BCUT2D eigenvalue weighted by Crippen LogP contribution is 2.39. The number of rotatable bonds is 9. The number of ether oxygens (including phenoxy) is 1. The van der Waals surface area contributed by atoms with E-state index in [1.807, 2.05) is 43.3 Å². The van der Waals surface area contributed by atoms with Gasteiger partial charge in [0.2, 0.25) is 0 Å². The van der Waals surface area contributed by atoms with Crippen LogP contribution in [0, 0.1) is 0 Å². The van der Waals surface area contributed by atoms with E-state index in [0.717, 1.165) is 11.1 Å². The molecule has 0 aliphatic rings. The van der Waals surface area contributed by atoms with Crippen LogP contribution < -0.4 is 5.32 Å². The number of nitrogens with one attached hydrogen (secondary N) is 1. The molecule has 2 aromatic rings. The summed E-state index contributed by atoms with van der Waals surface area (Å²) in [5.74, 6) is -0.361. The molecule has 158 valence electrons. The molecule has 1 aromatic heterocycles. The van der Waals surface area contributed by atoms with Crippen LogP contribution in [-0.2, 0) is 20.5 Å². The Labute approximate surface area is 175 Å². The molecule has 1 N–H and O–H groups in total. The number of nitrogens with zero attached hydrogens (tertiary/aromatic N) is 2. The molecule has 2 rings (SSSR count). The molecule has 1 aromatic carbocycles. The lowest BCUT2D eigenvalue weighted by molar-refractivity contribution is -0.153. The molecule has 29 heavy (non-hydrogen) atoms. The van der Waals surface area contributed by atoms with E-state index in [4.69, 9.17) is 9.16 Å². The number of hydrogen-bond acceptors (Lipinski definition) is 6. The predicted molar refractivity (Wildman–Crippen MR) is 117 cm³/mol. The monoisotopic (exact) mass is 415 g/mol. The van der Waals surface area contributed by atoms with Crippen LogP contribution in [0.4, 0.5) is 0 Å². The van der Waals surface area contributed by atoms with Crippen LogP contribution in [0.3, 0.4) is 0 Å². The summed E-state index contributed by atoms with van der Waals surface area (Å²) in [5.41, 5.74) is 1.96. The Morgan fingerprint density at radius 1 is 1.14 bits per heavy atom. The first-order valence-electron chi connectivity index (χ1n) is 10.0. The van der Waals surface area contributed by atoms with Crippen LogP contribution in [0.5, 0.6) is 0 Å². The first kappa shape index (κ1) is 23.2. The maximum Gasteiger partial charge on any atom is 0.336 e. The maximum absolute atomic E-state index is 13.0. The van der Waals surface area contributed by atoms with Gasteiger partial charge in [-0.3, -0.25) is 0 Å². The lowest BCUT2D eigenvalue weighted by Crippen LogP contribution is -2.50. The van der Waals surface area contributed by atoms with Crippen molar-refractivity contribution in [3.63, 3.8) is 0 Å². The highest BCUT2D eigenvalue weighted by Gasteiger charge is 2.44. The second kappa shape index (κ2) is 10.1. The third kappa shape index (κ3) is 6.45. The summed E-state index contributed by atoms with van der Waals surface area (Å²) in [5, 5.41) is 11.3. The zero-order valence-electron chi connectivity index (χ0n) is 18.3. The molecule has 2 unspecified atom stereocenters. The molecule has 0 radical (unpaired) electrons.